The van der Waals surface area contributed by atoms with Crippen LogP contribution in [0.3, 0.4) is 0 Å². The van der Waals surface area contributed by atoms with E-state index >= 15 is 0 Å². The summed E-state index contributed by atoms with van der Waals surface area (Å²) in [7, 11) is 0. The highest BCUT2D eigenvalue weighted by Gasteiger charge is 2.11. The van der Waals surface area contributed by atoms with Gasteiger partial charge in [-0.15, -0.1) is 0 Å². The predicted molar refractivity (Wildman–Crippen MR) is 92.8 cm³/mol. The topological polar surface area (TPSA) is 59.4 Å². The molecule has 1 aromatic heterocycles. The lowest BCUT2D eigenvalue weighted by Gasteiger charge is -2.26. The molecule has 0 bridgehead atoms. The van der Waals surface area contributed by atoms with Gasteiger partial charge in [0.05, 0.1) is 30.7 Å². The monoisotopic (exact) mass is 348 g/mol. The van der Waals surface area contributed by atoms with Crippen molar-refractivity contribution in [1.29, 1.82) is 0 Å². The summed E-state index contributed by atoms with van der Waals surface area (Å²) in [4.78, 5) is 14.5. The van der Waals surface area contributed by atoms with E-state index in [2.05, 4.69) is 15.3 Å². The number of rotatable bonds is 6. The molecule has 1 aliphatic rings. The Hall–Kier alpha value is -1.89. The van der Waals surface area contributed by atoms with Gasteiger partial charge in [0.2, 0.25) is 0 Å². The second-order valence-corrected chi connectivity index (χ2v) is 6.15. The Bertz CT molecular complexity index is 665. The Labute approximate surface area is 146 Å². The van der Waals surface area contributed by atoms with Crippen LogP contribution in [-0.4, -0.2) is 60.0 Å². The van der Waals surface area contributed by atoms with Crippen molar-refractivity contribution < 1.29 is 9.53 Å². The number of aromatic nitrogens is 2. The van der Waals surface area contributed by atoms with Gasteiger partial charge in [-0.2, -0.15) is 5.10 Å². The molecule has 6 nitrogen and oxygen atoms in total. The molecular weight excluding hydrogens is 328 g/mol. The lowest BCUT2D eigenvalue weighted by atomic mass is 10.3. The number of benzene rings is 1. The first kappa shape index (κ1) is 17.0. The maximum Gasteiger partial charge on any atom is 0.254 e. The van der Waals surface area contributed by atoms with Crippen LogP contribution in [0.5, 0.6) is 0 Å². The number of amides is 1. The Morgan fingerprint density at radius 3 is 2.75 bits per heavy atom. The first-order valence-corrected chi connectivity index (χ1v) is 8.49. The summed E-state index contributed by atoms with van der Waals surface area (Å²) in [5.41, 5.74) is 1.42. The number of hydrogen-bond acceptors (Lipinski definition) is 4. The molecule has 0 saturated carbocycles. The van der Waals surface area contributed by atoms with Gasteiger partial charge in [-0.1, -0.05) is 11.6 Å². The van der Waals surface area contributed by atoms with Crippen LogP contribution in [0.25, 0.3) is 5.69 Å². The summed E-state index contributed by atoms with van der Waals surface area (Å²) in [6.07, 6.45) is 4.23. The molecule has 0 spiro atoms. The van der Waals surface area contributed by atoms with Gasteiger partial charge in [0.15, 0.2) is 0 Å². The average molecular weight is 349 g/mol. The lowest BCUT2D eigenvalue weighted by molar-refractivity contribution is 0.0374. The zero-order valence-corrected chi connectivity index (χ0v) is 14.2. The molecule has 1 saturated heterocycles. The third-order valence-corrected chi connectivity index (χ3v) is 4.23. The van der Waals surface area contributed by atoms with E-state index in [0.29, 0.717) is 17.1 Å². The van der Waals surface area contributed by atoms with Crippen molar-refractivity contribution in [1.82, 2.24) is 20.0 Å². The summed E-state index contributed by atoms with van der Waals surface area (Å²) >= 11 is 5.88. The Balaban J connectivity index is 1.46. The van der Waals surface area contributed by atoms with Gasteiger partial charge in [-0.05, 0) is 37.2 Å². The molecule has 1 aromatic carbocycles. The van der Waals surface area contributed by atoms with Crippen LogP contribution >= 0.6 is 11.6 Å². The van der Waals surface area contributed by atoms with Crippen LogP contribution in [0.1, 0.15) is 16.8 Å². The molecule has 3 rings (SSSR count). The highest BCUT2D eigenvalue weighted by Crippen LogP contribution is 2.13. The largest absolute Gasteiger partial charge is 0.379 e. The van der Waals surface area contributed by atoms with E-state index in [-0.39, 0.29) is 5.91 Å². The van der Waals surface area contributed by atoms with Crippen molar-refractivity contribution in [3.63, 3.8) is 0 Å². The van der Waals surface area contributed by atoms with Crippen LogP contribution < -0.4 is 5.32 Å². The fourth-order valence-corrected chi connectivity index (χ4v) is 2.73. The minimum atomic E-state index is -0.0998. The molecule has 1 fully saturated rings. The van der Waals surface area contributed by atoms with E-state index in [0.717, 1.165) is 45.0 Å². The molecule has 1 amide bonds. The van der Waals surface area contributed by atoms with Crippen LogP contribution in [-0.2, 0) is 4.74 Å². The molecule has 2 heterocycles. The van der Waals surface area contributed by atoms with Gasteiger partial charge < -0.3 is 10.1 Å². The summed E-state index contributed by atoms with van der Waals surface area (Å²) in [5.74, 6) is -0.0998. The van der Waals surface area contributed by atoms with E-state index in [1.165, 1.54) is 0 Å². The summed E-state index contributed by atoms with van der Waals surface area (Å²) in [5, 5.41) is 7.84. The molecule has 7 heteroatoms. The number of nitrogens with zero attached hydrogens (tertiary/aromatic N) is 3. The molecule has 0 atom stereocenters. The zero-order valence-electron chi connectivity index (χ0n) is 13.4. The number of nitrogens with one attached hydrogen (secondary N) is 1. The van der Waals surface area contributed by atoms with Gasteiger partial charge in [0, 0.05) is 30.9 Å². The highest BCUT2D eigenvalue weighted by molar-refractivity contribution is 6.30. The number of carbonyl (C=O) groups is 1. The van der Waals surface area contributed by atoms with Crippen molar-refractivity contribution in [2.24, 2.45) is 0 Å². The Morgan fingerprint density at radius 1 is 1.25 bits per heavy atom. The average Bonchev–Trinajstić information content (AvgIpc) is 3.10. The molecular formula is C17H21ClN4O2. The number of halogens is 1. The summed E-state index contributed by atoms with van der Waals surface area (Å²) < 4.78 is 6.99. The van der Waals surface area contributed by atoms with Crippen molar-refractivity contribution in [3.05, 3.63) is 47.2 Å². The van der Waals surface area contributed by atoms with Gasteiger partial charge in [0.1, 0.15) is 0 Å². The van der Waals surface area contributed by atoms with Gasteiger partial charge >= 0.3 is 0 Å². The first-order chi connectivity index (χ1) is 11.7. The molecule has 0 aliphatic carbocycles. The standard InChI is InChI=1S/C17H21ClN4O2/c18-15-2-4-16(5-3-15)22-13-14(12-20-22)17(23)19-6-1-7-21-8-10-24-11-9-21/h2-5,12-13H,1,6-11H2,(H,19,23). The number of ether oxygens (including phenoxy) is 1. The smallest absolute Gasteiger partial charge is 0.254 e. The third-order valence-electron chi connectivity index (χ3n) is 3.98. The Morgan fingerprint density at radius 2 is 2.00 bits per heavy atom. The second kappa shape index (κ2) is 8.28. The van der Waals surface area contributed by atoms with E-state index in [1.807, 2.05) is 12.1 Å². The maximum atomic E-state index is 12.2. The quantitative estimate of drug-likeness (QED) is 0.811. The van der Waals surface area contributed by atoms with Crippen molar-refractivity contribution in [2.45, 2.75) is 6.42 Å². The molecule has 24 heavy (non-hydrogen) atoms. The fourth-order valence-electron chi connectivity index (χ4n) is 2.61. The summed E-state index contributed by atoms with van der Waals surface area (Å²) in [6.45, 7) is 5.19. The van der Waals surface area contributed by atoms with E-state index in [1.54, 1.807) is 29.2 Å². The number of hydrogen-bond donors (Lipinski definition) is 1. The van der Waals surface area contributed by atoms with Gasteiger partial charge in [0.25, 0.3) is 5.91 Å². The molecule has 128 valence electrons. The molecule has 1 aliphatic heterocycles. The van der Waals surface area contributed by atoms with Crippen molar-refractivity contribution >= 4 is 17.5 Å². The van der Waals surface area contributed by atoms with E-state index < -0.39 is 0 Å². The Kier molecular flexibility index (Phi) is 5.85. The first-order valence-electron chi connectivity index (χ1n) is 8.11. The minimum Gasteiger partial charge on any atom is -0.379 e. The highest BCUT2D eigenvalue weighted by atomic mass is 35.5. The van der Waals surface area contributed by atoms with Crippen LogP contribution in [0.4, 0.5) is 0 Å². The van der Waals surface area contributed by atoms with Crippen molar-refractivity contribution in [3.8, 4) is 5.69 Å². The summed E-state index contributed by atoms with van der Waals surface area (Å²) in [6, 6.07) is 7.31. The molecule has 0 unspecified atom stereocenters. The van der Waals surface area contributed by atoms with Crippen LogP contribution in [0.15, 0.2) is 36.7 Å². The van der Waals surface area contributed by atoms with E-state index in [4.69, 9.17) is 16.3 Å². The second-order valence-electron chi connectivity index (χ2n) is 5.71. The van der Waals surface area contributed by atoms with Gasteiger partial charge in [-0.3, -0.25) is 9.69 Å². The number of morpholine rings is 1. The van der Waals surface area contributed by atoms with E-state index in [9.17, 15) is 4.79 Å². The molecule has 2 aromatic rings. The van der Waals surface area contributed by atoms with Crippen LogP contribution in [0.2, 0.25) is 5.02 Å². The third kappa shape index (κ3) is 4.56. The fraction of sp³-hybridized carbons (Fsp3) is 0.412. The number of carbonyl (C=O) groups excluding carboxylic acids is 1. The van der Waals surface area contributed by atoms with Crippen LogP contribution in [0, 0.1) is 0 Å². The normalized spacial score (nSPS) is 15.4. The lowest BCUT2D eigenvalue weighted by Crippen LogP contribution is -2.38. The SMILES string of the molecule is O=C(NCCCN1CCOCC1)c1cnn(-c2ccc(Cl)cc2)c1. The zero-order chi connectivity index (χ0) is 16.8. The van der Waals surface area contributed by atoms with Crippen molar-refractivity contribution in [2.75, 3.05) is 39.4 Å². The molecule has 0 radical (unpaired) electrons. The van der Waals surface area contributed by atoms with Gasteiger partial charge in [-0.25, -0.2) is 4.68 Å². The minimum absolute atomic E-state index is 0.0998. The molecule has 1 N–H and O–H groups in total. The predicted octanol–water partition coefficient (Wildman–Crippen LogP) is 1.98. The maximum absolute atomic E-state index is 12.2.